The number of nitrogens with zero attached hydrogens (tertiary/aromatic N) is 4. The lowest BCUT2D eigenvalue weighted by atomic mass is 10.2. The van der Waals surface area contributed by atoms with Gasteiger partial charge < -0.3 is 10.6 Å². The monoisotopic (exact) mass is 181 g/mol. The Morgan fingerprint density at radius 3 is 2.23 bits per heavy atom. The normalized spacial score (nSPS) is 10.5. The summed E-state index contributed by atoms with van der Waals surface area (Å²) in [5.41, 5.74) is 5.55. The molecule has 2 N–H and O–H groups in total. The van der Waals surface area contributed by atoms with Crippen LogP contribution in [-0.2, 0) is 0 Å². The van der Waals surface area contributed by atoms with Crippen molar-refractivity contribution < 1.29 is 0 Å². The zero-order chi connectivity index (χ0) is 10.0. The molecule has 13 heavy (non-hydrogen) atoms. The molecule has 5 nitrogen and oxygen atoms in total. The van der Waals surface area contributed by atoms with Crippen molar-refractivity contribution in [2.45, 2.75) is 19.8 Å². The SMILES string of the molecule is CC(C)c1nc(N)nc(N(C)C)n1. The van der Waals surface area contributed by atoms with Gasteiger partial charge in [0.05, 0.1) is 0 Å². The molecule has 0 bridgehead atoms. The maximum absolute atomic E-state index is 5.55. The van der Waals surface area contributed by atoms with E-state index in [0.29, 0.717) is 5.95 Å². The van der Waals surface area contributed by atoms with E-state index in [1.165, 1.54) is 0 Å². The molecule has 0 aromatic carbocycles. The minimum absolute atomic E-state index is 0.268. The predicted octanol–water partition coefficient (Wildman–Crippen LogP) is 0.643. The van der Waals surface area contributed by atoms with Crippen LogP contribution in [0.25, 0.3) is 0 Å². The maximum atomic E-state index is 5.55. The van der Waals surface area contributed by atoms with Crippen LogP contribution in [0.1, 0.15) is 25.6 Å². The van der Waals surface area contributed by atoms with Crippen molar-refractivity contribution in [1.29, 1.82) is 0 Å². The molecule has 1 rings (SSSR count). The molecule has 1 heterocycles. The molecule has 0 unspecified atom stereocenters. The highest BCUT2D eigenvalue weighted by Crippen LogP contribution is 2.12. The molecule has 0 saturated heterocycles. The van der Waals surface area contributed by atoms with Gasteiger partial charge in [-0.25, -0.2) is 0 Å². The minimum Gasteiger partial charge on any atom is -0.368 e. The van der Waals surface area contributed by atoms with E-state index < -0.39 is 0 Å². The lowest BCUT2D eigenvalue weighted by Gasteiger charge is -2.12. The molecule has 0 atom stereocenters. The zero-order valence-corrected chi connectivity index (χ0v) is 8.44. The quantitative estimate of drug-likeness (QED) is 0.725. The fourth-order valence-electron chi connectivity index (χ4n) is 0.855. The molecule has 0 radical (unpaired) electrons. The summed E-state index contributed by atoms with van der Waals surface area (Å²) in [6.07, 6.45) is 0. The van der Waals surface area contributed by atoms with Gasteiger partial charge in [0.1, 0.15) is 5.82 Å². The van der Waals surface area contributed by atoms with E-state index in [-0.39, 0.29) is 11.9 Å². The van der Waals surface area contributed by atoms with Gasteiger partial charge in [-0.1, -0.05) is 13.8 Å². The van der Waals surface area contributed by atoms with Crippen LogP contribution in [0.5, 0.6) is 0 Å². The van der Waals surface area contributed by atoms with E-state index in [2.05, 4.69) is 15.0 Å². The minimum atomic E-state index is 0.268. The standard InChI is InChI=1S/C8H15N5/c1-5(2)6-10-7(9)12-8(11-6)13(3)4/h5H,1-4H3,(H2,9,10,11,12). The van der Waals surface area contributed by atoms with Crippen molar-refractivity contribution in [1.82, 2.24) is 15.0 Å². The van der Waals surface area contributed by atoms with Gasteiger partial charge in [0, 0.05) is 20.0 Å². The Kier molecular flexibility index (Phi) is 2.65. The Balaban J connectivity index is 3.11. The van der Waals surface area contributed by atoms with Crippen molar-refractivity contribution in [3.05, 3.63) is 5.82 Å². The summed E-state index contributed by atoms with van der Waals surface area (Å²) in [5.74, 6) is 1.89. The third-order valence-electron chi connectivity index (χ3n) is 1.57. The van der Waals surface area contributed by atoms with E-state index in [1.807, 2.05) is 32.8 Å². The maximum Gasteiger partial charge on any atom is 0.229 e. The summed E-state index contributed by atoms with van der Waals surface area (Å²) < 4.78 is 0. The van der Waals surface area contributed by atoms with Gasteiger partial charge in [-0.05, 0) is 0 Å². The molecule has 0 aliphatic heterocycles. The van der Waals surface area contributed by atoms with Crippen LogP contribution >= 0.6 is 0 Å². The molecule has 0 spiro atoms. The molecular formula is C8H15N5. The zero-order valence-electron chi connectivity index (χ0n) is 8.44. The van der Waals surface area contributed by atoms with Gasteiger partial charge in [-0.2, -0.15) is 15.0 Å². The Morgan fingerprint density at radius 2 is 1.77 bits per heavy atom. The van der Waals surface area contributed by atoms with E-state index in [0.717, 1.165) is 5.82 Å². The van der Waals surface area contributed by atoms with Crippen LogP contribution in [0.2, 0.25) is 0 Å². The van der Waals surface area contributed by atoms with E-state index >= 15 is 0 Å². The lowest BCUT2D eigenvalue weighted by molar-refractivity contribution is 0.758. The van der Waals surface area contributed by atoms with Crippen LogP contribution < -0.4 is 10.6 Å². The fourth-order valence-corrected chi connectivity index (χ4v) is 0.855. The highest BCUT2D eigenvalue weighted by Gasteiger charge is 2.08. The number of anilines is 2. The van der Waals surface area contributed by atoms with Crippen LogP contribution in [0.3, 0.4) is 0 Å². The van der Waals surface area contributed by atoms with E-state index in [9.17, 15) is 0 Å². The molecule has 1 aromatic heterocycles. The van der Waals surface area contributed by atoms with Gasteiger partial charge in [0.25, 0.3) is 0 Å². The summed E-state index contributed by atoms with van der Waals surface area (Å²) in [7, 11) is 3.75. The summed E-state index contributed by atoms with van der Waals surface area (Å²) in [6, 6.07) is 0. The third-order valence-corrected chi connectivity index (χ3v) is 1.57. The largest absolute Gasteiger partial charge is 0.368 e. The number of hydrogen-bond acceptors (Lipinski definition) is 5. The average molecular weight is 181 g/mol. The predicted molar refractivity (Wildman–Crippen MR) is 52.7 cm³/mol. The highest BCUT2D eigenvalue weighted by molar-refractivity contribution is 5.32. The van der Waals surface area contributed by atoms with E-state index in [1.54, 1.807) is 0 Å². The molecule has 0 aliphatic rings. The molecular weight excluding hydrogens is 166 g/mol. The summed E-state index contributed by atoms with van der Waals surface area (Å²) >= 11 is 0. The molecule has 0 fully saturated rings. The first kappa shape index (κ1) is 9.70. The van der Waals surface area contributed by atoms with Gasteiger partial charge in [0.15, 0.2) is 0 Å². The summed E-state index contributed by atoms with van der Waals surface area (Å²) in [5, 5.41) is 0. The first-order valence-corrected chi connectivity index (χ1v) is 4.19. The topological polar surface area (TPSA) is 67.9 Å². The van der Waals surface area contributed by atoms with Crippen LogP contribution in [0.15, 0.2) is 0 Å². The number of aromatic nitrogens is 3. The molecule has 5 heteroatoms. The third kappa shape index (κ3) is 2.27. The van der Waals surface area contributed by atoms with Crippen molar-refractivity contribution in [2.75, 3.05) is 24.7 Å². The fraction of sp³-hybridized carbons (Fsp3) is 0.625. The number of nitrogen functional groups attached to an aromatic ring is 1. The molecule has 0 amide bonds. The number of rotatable bonds is 2. The summed E-state index contributed by atoms with van der Waals surface area (Å²) in [4.78, 5) is 14.1. The first-order valence-electron chi connectivity index (χ1n) is 4.19. The Hall–Kier alpha value is -1.39. The molecule has 72 valence electrons. The summed E-state index contributed by atoms with van der Waals surface area (Å²) in [6.45, 7) is 4.04. The Labute approximate surface area is 78.0 Å². The van der Waals surface area contributed by atoms with Gasteiger partial charge in [-0.15, -0.1) is 0 Å². The number of hydrogen-bond donors (Lipinski definition) is 1. The Morgan fingerprint density at radius 1 is 1.15 bits per heavy atom. The second kappa shape index (κ2) is 3.55. The van der Waals surface area contributed by atoms with Crippen molar-refractivity contribution in [3.63, 3.8) is 0 Å². The smallest absolute Gasteiger partial charge is 0.229 e. The second-order valence-corrected chi connectivity index (χ2v) is 3.40. The van der Waals surface area contributed by atoms with Crippen LogP contribution in [0.4, 0.5) is 11.9 Å². The lowest BCUT2D eigenvalue weighted by Crippen LogP contribution is -2.16. The average Bonchev–Trinajstić information content (AvgIpc) is 2.03. The number of nitrogens with two attached hydrogens (primary N) is 1. The van der Waals surface area contributed by atoms with Gasteiger partial charge in [0.2, 0.25) is 11.9 Å². The van der Waals surface area contributed by atoms with Crippen LogP contribution in [0, 0.1) is 0 Å². The van der Waals surface area contributed by atoms with Crippen LogP contribution in [-0.4, -0.2) is 29.0 Å². The second-order valence-electron chi connectivity index (χ2n) is 3.40. The highest BCUT2D eigenvalue weighted by atomic mass is 15.3. The van der Waals surface area contributed by atoms with Crippen molar-refractivity contribution in [2.24, 2.45) is 0 Å². The first-order chi connectivity index (χ1) is 6.00. The van der Waals surface area contributed by atoms with E-state index in [4.69, 9.17) is 5.73 Å². The molecule has 1 aromatic rings. The van der Waals surface area contributed by atoms with Gasteiger partial charge >= 0.3 is 0 Å². The molecule has 0 saturated carbocycles. The van der Waals surface area contributed by atoms with Gasteiger partial charge in [-0.3, -0.25) is 0 Å². The molecule has 0 aliphatic carbocycles. The Bertz CT molecular complexity index is 268. The van der Waals surface area contributed by atoms with Crippen molar-refractivity contribution in [3.8, 4) is 0 Å². The van der Waals surface area contributed by atoms with Crippen molar-refractivity contribution >= 4 is 11.9 Å².